The maximum absolute atomic E-state index is 14.5. The Balaban J connectivity index is 1.87. The topological polar surface area (TPSA) is 75.7 Å². The van der Waals surface area contributed by atoms with Crippen molar-refractivity contribution in [2.24, 2.45) is 0 Å². The average Bonchev–Trinajstić information content (AvgIpc) is 2.78. The van der Waals surface area contributed by atoms with Gasteiger partial charge in [-0.2, -0.15) is 0 Å². The Kier molecular flexibility index (Phi) is 7.15. The number of aryl methyl sites for hydroxylation is 1. The Morgan fingerprint density at radius 2 is 1.66 bits per heavy atom. The molecular formula is C24H25FN2O4S. The van der Waals surface area contributed by atoms with Gasteiger partial charge in [-0.3, -0.25) is 9.10 Å². The van der Waals surface area contributed by atoms with Crippen LogP contribution in [-0.4, -0.2) is 28.0 Å². The molecule has 6 nitrogen and oxygen atoms in total. The van der Waals surface area contributed by atoms with Gasteiger partial charge < -0.3 is 10.1 Å². The second kappa shape index (κ2) is 9.82. The molecule has 8 heteroatoms. The van der Waals surface area contributed by atoms with Crippen molar-refractivity contribution >= 4 is 21.6 Å². The summed E-state index contributed by atoms with van der Waals surface area (Å²) in [6.45, 7) is 3.04. The number of carbonyl (C=O) groups is 1. The molecule has 0 saturated heterocycles. The number of nitrogens with one attached hydrogen (secondary N) is 1. The average molecular weight is 457 g/mol. The molecule has 0 aliphatic carbocycles. The van der Waals surface area contributed by atoms with Crippen molar-refractivity contribution in [2.75, 3.05) is 18.0 Å². The number of amides is 1. The van der Waals surface area contributed by atoms with Gasteiger partial charge in [-0.25, -0.2) is 12.8 Å². The van der Waals surface area contributed by atoms with Gasteiger partial charge in [0.05, 0.1) is 23.7 Å². The minimum Gasteiger partial charge on any atom is -0.497 e. The summed E-state index contributed by atoms with van der Waals surface area (Å²) in [4.78, 5) is 12.8. The van der Waals surface area contributed by atoms with E-state index < -0.39 is 34.3 Å². The van der Waals surface area contributed by atoms with Gasteiger partial charge in [0.15, 0.2) is 0 Å². The van der Waals surface area contributed by atoms with Gasteiger partial charge >= 0.3 is 0 Å². The number of rotatable bonds is 8. The Morgan fingerprint density at radius 1 is 1.03 bits per heavy atom. The third-order valence-electron chi connectivity index (χ3n) is 5.01. The number of hydrogen-bond donors (Lipinski definition) is 1. The first-order valence-corrected chi connectivity index (χ1v) is 11.4. The molecule has 1 N–H and O–H groups in total. The molecular weight excluding hydrogens is 431 g/mol. The standard InChI is InChI=1S/C24H25FN2O4S/c1-17-8-14-21(15-9-17)32(29,30)27(23-7-5-4-6-22(23)25)16-24(28)26-18(2)19-10-12-20(31-3)13-11-19/h4-15,18H,16H2,1-3H3,(H,26,28)/t18-/m1/s1. The van der Waals surface area contributed by atoms with Crippen molar-refractivity contribution in [1.82, 2.24) is 5.32 Å². The zero-order valence-electron chi connectivity index (χ0n) is 18.1. The fraction of sp³-hybridized carbons (Fsp3) is 0.208. The lowest BCUT2D eigenvalue weighted by atomic mass is 10.1. The molecule has 0 radical (unpaired) electrons. The third kappa shape index (κ3) is 5.26. The molecule has 0 spiro atoms. The summed E-state index contributed by atoms with van der Waals surface area (Å²) in [6, 6.07) is 18.4. The van der Waals surface area contributed by atoms with E-state index in [1.807, 2.05) is 19.1 Å². The Hall–Kier alpha value is -3.39. The van der Waals surface area contributed by atoms with Gasteiger partial charge in [-0.1, -0.05) is 42.0 Å². The van der Waals surface area contributed by atoms with Crippen LogP contribution in [0.2, 0.25) is 0 Å². The van der Waals surface area contributed by atoms with E-state index in [0.717, 1.165) is 21.5 Å². The lowest BCUT2D eigenvalue weighted by molar-refractivity contribution is -0.120. The molecule has 1 atom stereocenters. The summed E-state index contributed by atoms with van der Waals surface area (Å²) < 4.78 is 47.1. The molecule has 0 aliphatic heterocycles. The fourth-order valence-electron chi connectivity index (χ4n) is 3.18. The molecule has 3 rings (SSSR count). The number of benzene rings is 3. The van der Waals surface area contributed by atoms with E-state index in [9.17, 15) is 17.6 Å². The molecule has 0 bridgehead atoms. The van der Waals surface area contributed by atoms with Crippen molar-refractivity contribution in [3.63, 3.8) is 0 Å². The van der Waals surface area contributed by atoms with Crippen LogP contribution in [0.5, 0.6) is 5.75 Å². The van der Waals surface area contributed by atoms with Gasteiger partial charge in [-0.15, -0.1) is 0 Å². The Bertz CT molecular complexity index is 1180. The quantitative estimate of drug-likeness (QED) is 0.551. The maximum Gasteiger partial charge on any atom is 0.264 e. The summed E-state index contributed by atoms with van der Waals surface area (Å²) >= 11 is 0. The molecule has 32 heavy (non-hydrogen) atoms. The number of ether oxygens (including phenoxy) is 1. The number of anilines is 1. The van der Waals surface area contributed by atoms with Crippen molar-refractivity contribution < 1.29 is 22.3 Å². The molecule has 0 saturated carbocycles. The molecule has 0 heterocycles. The number of methoxy groups -OCH3 is 1. The molecule has 3 aromatic rings. The number of nitrogens with zero attached hydrogens (tertiary/aromatic N) is 1. The van der Waals surface area contributed by atoms with E-state index in [2.05, 4.69) is 5.32 Å². The molecule has 0 unspecified atom stereocenters. The molecule has 0 aromatic heterocycles. The van der Waals surface area contributed by atoms with Crippen LogP contribution in [0.3, 0.4) is 0 Å². The summed E-state index contributed by atoms with van der Waals surface area (Å²) in [5.74, 6) is -0.617. The second-order valence-corrected chi connectivity index (χ2v) is 9.20. The first kappa shape index (κ1) is 23.3. The van der Waals surface area contributed by atoms with E-state index in [-0.39, 0.29) is 10.6 Å². The summed E-state index contributed by atoms with van der Waals surface area (Å²) in [6.07, 6.45) is 0. The first-order chi connectivity index (χ1) is 15.2. The van der Waals surface area contributed by atoms with Crippen molar-refractivity contribution in [3.05, 3.63) is 89.7 Å². The van der Waals surface area contributed by atoms with Crippen molar-refractivity contribution in [2.45, 2.75) is 24.8 Å². The van der Waals surface area contributed by atoms with Gasteiger partial charge in [0, 0.05) is 0 Å². The van der Waals surface area contributed by atoms with E-state index in [1.165, 1.54) is 30.3 Å². The molecule has 168 valence electrons. The van der Waals surface area contributed by atoms with Crippen molar-refractivity contribution in [3.8, 4) is 5.75 Å². The van der Waals surface area contributed by atoms with Gasteiger partial charge in [0.1, 0.15) is 18.1 Å². The maximum atomic E-state index is 14.5. The van der Waals surface area contributed by atoms with Crippen LogP contribution in [-0.2, 0) is 14.8 Å². The highest BCUT2D eigenvalue weighted by Crippen LogP contribution is 2.26. The van der Waals surface area contributed by atoms with Gasteiger partial charge in [0.2, 0.25) is 5.91 Å². The van der Waals surface area contributed by atoms with Crippen LogP contribution in [0.15, 0.2) is 77.7 Å². The predicted octanol–water partition coefficient (Wildman–Crippen LogP) is 4.22. The van der Waals surface area contributed by atoms with Crippen LogP contribution in [0, 0.1) is 12.7 Å². The fourth-order valence-corrected chi connectivity index (χ4v) is 4.61. The number of sulfonamides is 1. The van der Waals surface area contributed by atoms with Crippen LogP contribution in [0.4, 0.5) is 10.1 Å². The highest BCUT2D eigenvalue weighted by Gasteiger charge is 2.29. The lowest BCUT2D eigenvalue weighted by Gasteiger charge is -2.25. The normalized spacial score (nSPS) is 12.1. The Labute approximate surface area is 187 Å². The number of hydrogen-bond acceptors (Lipinski definition) is 4. The summed E-state index contributed by atoms with van der Waals surface area (Å²) in [5.41, 5.74) is 1.51. The molecule has 0 fully saturated rings. The lowest BCUT2D eigenvalue weighted by Crippen LogP contribution is -2.42. The summed E-state index contributed by atoms with van der Waals surface area (Å²) in [7, 11) is -2.62. The first-order valence-electron chi connectivity index (χ1n) is 9.99. The second-order valence-electron chi connectivity index (χ2n) is 7.34. The third-order valence-corrected chi connectivity index (χ3v) is 6.78. The van der Waals surface area contributed by atoms with E-state index >= 15 is 0 Å². The van der Waals surface area contributed by atoms with E-state index in [1.54, 1.807) is 38.3 Å². The number of halogens is 1. The highest BCUT2D eigenvalue weighted by atomic mass is 32.2. The Morgan fingerprint density at radius 3 is 2.25 bits per heavy atom. The van der Waals surface area contributed by atoms with Gasteiger partial charge in [-0.05, 0) is 55.8 Å². The van der Waals surface area contributed by atoms with Gasteiger partial charge in [0.25, 0.3) is 10.0 Å². The van der Waals surface area contributed by atoms with Crippen LogP contribution >= 0.6 is 0 Å². The molecule has 0 aliphatic rings. The predicted molar refractivity (Wildman–Crippen MR) is 122 cm³/mol. The van der Waals surface area contributed by atoms with Crippen LogP contribution in [0.25, 0.3) is 0 Å². The monoisotopic (exact) mass is 456 g/mol. The zero-order valence-corrected chi connectivity index (χ0v) is 18.9. The number of para-hydroxylation sites is 1. The smallest absolute Gasteiger partial charge is 0.264 e. The van der Waals surface area contributed by atoms with E-state index in [4.69, 9.17) is 4.74 Å². The summed E-state index contributed by atoms with van der Waals surface area (Å²) in [5, 5.41) is 2.78. The zero-order chi connectivity index (χ0) is 23.3. The number of carbonyl (C=O) groups excluding carboxylic acids is 1. The SMILES string of the molecule is COc1ccc([C@@H](C)NC(=O)CN(c2ccccc2F)S(=O)(=O)c2ccc(C)cc2)cc1. The minimum absolute atomic E-state index is 0.0256. The van der Waals surface area contributed by atoms with Crippen molar-refractivity contribution in [1.29, 1.82) is 0 Å². The molecule has 3 aromatic carbocycles. The minimum atomic E-state index is -4.18. The van der Waals surface area contributed by atoms with Crippen LogP contribution in [0.1, 0.15) is 24.1 Å². The van der Waals surface area contributed by atoms with E-state index in [0.29, 0.717) is 5.75 Å². The molecule has 1 amide bonds. The van der Waals surface area contributed by atoms with Crippen LogP contribution < -0.4 is 14.4 Å². The largest absolute Gasteiger partial charge is 0.497 e. The highest BCUT2D eigenvalue weighted by molar-refractivity contribution is 7.92.